The molecule has 0 aromatic carbocycles. The quantitative estimate of drug-likeness (QED) is 0.708. The molecule has 5 rings (SSSR count). The Morgan fingerprint density at radius 3 is 2.62 bits per heavy atom. The number of hydrogen-bond donors (Lipinski definition) is 1. The zero-order valence-electron chi connectivity index (χ0n) is 20.6. The molecule has 3 aliphatic heterocycles. The molecule has 2 amide bonds. The number of pyridine rings is 1. The summed E-state index contributed by atoms with van der Waals surface area (Å²) >= 11 is 1.31. The van der Waals surface area contributed by atoms with Gasteiger partial charge in [-0.05, 0) is 65.5 Å². The number of fused-ring (bicyclic) bond motifs is 2. The molecule has 182 valence electrons. The maximum absolute atomic E-state index is 13.6. The first-order valence-electron chi connectivity index (χ1n) is 12.1. The van der Waals surface area contributed by atoms with E-state index in [2.05, 4.69) is 43.0 Å². The monoisotopic (exact) mass is 483 g/mol. The Morgan fingerprint density at radius 1 is 1.24 bits per heavy atom. The van der Waals surface area contributed by atoms with Gasteiger partial charge < -0.3 is 19.9 Å². The van der Waals surface area contributed by atoms with Crippen LogP contribution in [0.4, 0.5) is 5.82 Å². The number of amides is 2. The van der Waals surface area contributed by atoms with Crippen LogP contribution in [-0.2, 0) is 4.74 Å². The maximum Gasteiger partial charge on any atom is 0.283 e. The molecular formula is C25H33N5O3S. The average molecular weight is 484 g/mol. The van der Waals surface area contributed by atoms with Crippen LogP contribution in [0, 0.1) is 6.92 Å². The lowest BCUT2D eigenvalue weighted by Crippen LogP contribution is -2.41. The van der Waals surface area contributed by atoms with Gasteiger partial charge in [-0.15, -0.1) is 11.3 Å². The van der Waals surface area contributed by atoms with Crippen LogP contribution >= 0.6 is 11.3 Å². The third kappa shape index (κ3) is 4.31. The summed E-state index contributed by atoms with van der Waals surface area (Å²) in [4.78, 5) is 40.8. The molecule has 1 N–H and O–H groups in total. The fourth-order valence-electron chi connectivity index (χ4n) is 5.13. The molecule has 5 heterocycles. The molecule has 2 bridgehead atoms. The highest BCUT2D eigenvalue weighted by Crippen LogP contribution is 2.37. The van der Waals surface area contributed by atoms with E-state index >= 15 is 0 Å². The summed E-state index contributed by atoms with van der Waals surface area (Å²) in [6, 6.07) is 2.27. The van der Waals surface area contributed by atoms with Crippen molar-refractivity contribution in [1.82, 2.24) is 19.8 Å². The lowest BCUT2D eigenvalue weighted by atomic mass is 10.1. The molecule has 2 aromatic heterocycles. The Morgan fingerprint density at radius 2 is 2.03 bits per heavy atom. The minimum atomic E-state index is -0.114. The fourth-order valence-corrected chi connectivity index (χ4v) is 6.22. The zero-order valence-corrected chi connectivity index (χ0v) is 21.4. The molecule has 0 spiro atoms. The minimum absolute atomic E-state index is 0.0992. The lowest BCUT2D eigenvalue weighted by Gasteiger charge is -2.25. The predicted molar refractivity (Wildman–Crippen MR) is 132 cm³/mol. The molecule has 0 radical (unpaired) electrons. The predicted octanol–water partition coefficient (Wildman–Crippen LogP) is 3.96. The van der Waals surface area contributed by atoms with E-state index in [-0.39, 0.29) is 35.5 Å². The van der Waals surface area contributed by atoms with E-state index in [4.69, 9.17) is 4.74 Å². The van der Waals surface area contributed by atoms with Crippen molar-refractivity contribution in [2.75, 3.05) is 25.0 Å². The van der Waals surface area contributed by atoms with Gasteiger partial charge in [0.15, 0.2) is 5.01 Å². The molecule has 2 aromatic rings. The van der Waals surface area contributed by atoms with Gasteiger partial charge >= 0.3 is 0 Å². The third-order valence-electron chi connectivity index (χ3n) is 6.85. The van der Waals surface area contributed by atoms with Gasteiger partial charge in [0.2, 0.25) is 0 Å². The second kappa shape index (κ2) is 8.61. The average Bonchev–Trinajstić information content (AvgIpc) is 3.55. The number of anilines is 1. The van der Waals surface area contributed by atoms with Gasteiger partial charge in [0, 0.05) is 36.4 Å². The molecule has 2 unspecified atom stereocenters. The number of carbonyl (C=O) groups is 2. The first-order valence-corrected chi connectivity index (χ1v) is 12.9. The van der Waals surface area contributed by atoms with E-state index < -0.39 is 0 Å². The normalized spacial score (nSPS) is 24.2. The van der Waals surface area contributed by atoms with Crippen molar-refractivity contribution in [3.05, 3.63) is 28.5 Å². The molecule has 3 fully saturated rings. The van der Waals surface area contributed by atoms with E-state index in [1.807, 2.05) is 22.8 Å². The fraction of sp³-hybridized carbons (Fsp3) is 0.600. The highest BCUT2D eigenvalue weighted by Gasteiger charge is 2.43. The van der Waals surface area contributed by atoms with E-state index in [9.17, 15) is 9.59 Å². The van der Waals surface area contributed by atoms with Gasteiger partial charge in [0.05, 0.1) is 23.6 Å². The Bertz CT molecular complexity index is 1120. The highest BCUT2D eigenvalue weighted by atomic mass is 32.1. The van der Waals surface area contributed by atoms with Gasteiger partial charge in [-0.2, -0.15) is 0 Å². The first kappa shape index (κ1) is 23.2. The number of thiazole rings is 1. The van der Waals surface area contributed by atoms with E-state index in [0.29, 0.717) is 23.9 Å². The van der Waals surface area contributed by atoms with E-state index in [0.717, 1.165) is 47.6 Å². The standard InChI is InChI=1S/C25H33N5O3S/c1-14-9-19(28-25(3,4)5)26-11-18(14)21-20(23(31)29-8-6-7-15(29)2)27-22(34-21)24(32)30-12-17-10-16(30)13-33-17/h9,11,15-17H,6-8,10,12-13H2,1-5H3,(H,26,28)/t15-,16?,17?/m0/s1. The molecule has 8 nitrogen and oxygen atoms in total. The number of hydrogen-bond acceptors (Lipinski definition) is 7. The van der Waals surface area contributed by atoms with Crippen molar-refractivity contribution in [2.24, 2.45) is 0 Å². The van der Waals surface area contributed by atoms with Crippen LogP contribution in [0.2, 0.25) is 0 Å². The topological polar surface area (TPSA) is 87.7 Å². The van der Waals surface area contributed by atoms with Gasteiger partial charge in [-0.25, -0.2) is 9.97 Å². The zero-order chi connectivity index (χ0) is 24.2. The number of aryl methyl sites for hydroxylation is 1. The SMILES string of the molecule is Cc1cc(NC(C)(C)C)ncc1-c1sc(C(=O)N2CC3CC2CO3)nc1C(=O)N1CCC[C@@H]1C. The number of ether oxygens (including phenoxy) is 1. The largest absolute Gasteiger partial charge is 0.374 e. The summed E-state index contributed by atoms with van der Waals surface area (Å²) in [5, 5.41) is 3.76. The van der Waals surface area contributed by atoms with E-state index in [1.54, 1.807) is 6.20 Å². The minimum Gasteiger partial charge on any atom is -0.374 e. The summed E-state index contributed by atoms with van der Waals surface area (Å²) in [7, 11) is 0. The molecule has 34 heavy (non-hydrogen) atoms. The Hall–Kier alpha value is -2.52. The van der Waals surface area contributed by atoms with Crippen LogP contribution in [0.3, 0.4) is 0 Å². The maximum atomic E-state index is 13.6. The van der Waals surface area contributed by atoms with Crippen LogP contribution in [0.25, 0.3) is 10.4 Å². The van der Waals surface area contributed by atoms with Crippen LogP contribution in [0.1, 0.15) is 72.8 Å². The molecule has 3 aliphatic rings. The summed E-state index contributed by atoms with van der Waals surface area (Å²) in [5.74, 6) is 0.578. The molecular weight excluding hydrogens is 450 g/mol. The first-order chi connectivity index (χ1) is 16.1. The second-order valence-corrected chi connectivity index (χ2v) is 11.7. The summed E-state index contributed by atoms with van der Waals surface area (Å²) < 4.78 is 5.66. The summed E-state index contributed by atoms with van der Waals surface area (Å²) in [6.45, 7) is 12.2. The number of aromatic nitrogens is 2. The van der Waals surface area contributed by atoms with Crippen molar-refractivity contribution >= 4 is 29.0 Å². The second-order valence-electron chi connectivity index (χ2n) is 10.7. The van der Waals surface area contributed by atoms with Gasteiger partial charge in [0.1, 0.15) is 11.5 Å². The summed E-state index contributed by atoms with van der Waals surface area (Å²) in [5.41, 5.74) is 2.08. The molecule has 3 atom stereocenters. The van der Waals surface area contributed by atoms with Crippen molar-refractivity contribution in [3.63, 3.8) is 0 Å². The number of nitrogens with zero attached hydrogens (tertiary/aromatic N) is 4. The molecule has 3 saturated heterocycles. The Balaban J connectivity index is 1.52. The van der Waals surface area contributed by atoms with Gasteiger partial charge in [0.25, 0.3) is 11.8 Å². The molecule has 0 saturated carbocycles. The van der Waals surface area contributed by atoms with E-state index in [1.165, 1.54) is 11.3 Å². The third-order valence-corrected chi connectivity index (χ3v) is 7.92. The summed E-state index contributed by atoms with van der Waals surface area (Å²) in [6.07, 6.45) is 4.77. The molecule has 0 aliphatic carbocycles. The van der Waals surface area contributed by atoms with Gasteiger partial charge in [-0.1, -0.05) is 0 Å². The van der Waals surface area contributed by atoms with Crippen LogP contribution in [-0.4, -0.2) is 75.0 Å². The van der Waals surface area contributed by atoms with Crippen LogP contribution in [0.15, 0.2) is 12.3 Å². The number of morpholine rings is 1. The number of likely N-dealkylation sites (tertiary alicyclic amines) is 2. The number of rotatable bonds is 4. The van der Waals surface area contributed by atoms with Gasteiger partial charge in [-0.3, -0.25) is 9.59 Å². The Labute approximate surface area is 204 Å². The number of carbonyl (C=O) groups excluding carboxylic acids is 2. The Kier molecular flexibility index (Phi) is 5.88. The lowest BCUT2D eigenvalue weighted by molar-refractivity contribution is 0.0259. The van der Waals surface area contributed by atoms with Crippen molar-refractivity contribution in [1.29, 1.82) is 0 Å². The highest BCUT2D eigenvalue weighted by molar-refractivity contribution is 7.17. The number of nitrogens with one attached hydrogen (secondary N) is 1. The van der Waals surface area contributed by atoms with Crippen molar-refractivity contribution in [2.45, 2.75) is 77.6 Å². The van der Waals surface area contributed by atoms with Crippen molar-refractivity contribution in [3.8, 4) is 10.4 Å². The smallest absolute Gasteiger partial charge is 0.283 e. The molecule has 9 heteroatoms. The van der Waals surface area contributed by atoms with Crippen molar-refractivity contribution < 1.29 is 14.3 Å². The van der Waals surface area contributed by atoms with Crippen LogP contribution < -0.4 is 5.32 Å². The van der Waals surface area contributed by atoms with Crippen LogP contribution in [0.5, 0.6) is 0 Å².